The number of nitrogens with one attached hydrogen (secondary N) is 1. The maximum absolute atomic E-state index is 12.4. The number of hydrogen-bond acceptors (Lipinski definition) is 1. The maximum atomic E-state index is 12.4. The van der Waals surface area contributed by atoms with Gasteiger partial charge in [0.15, 0.2) is 0 Å². The molecule has 0 spiro atoms. The second-order valence-electron chi connectivity index (χ2n) is 6.27. The van der Waals surface area contributed by atoms with Crippen LogP contribution in [0.4, 0.5) is 4.79 Å². The molecule has 20 heavy (non-hydrogen) atoms. The molecule has 1 saturated heterocycles. The van der Waals surface area contributed by atoms with Crippen molar-refractivity contribution in [3.05, 3.63) is 35.4 Å². The summed E-state index contributed by atoms with van der Waals surface area (Å²) >= 11 is 0. The van der Waals surface area contributed by atoms with Crippen LogP contribution in [0.2, 0.25) is 0 Å². The Morgan fingerprint density at radius 1 is 1.30 bits per heavy atom. The van der Waals surface area contributed by atoms with Gasteiger partial charge >= 0.3 is 6.03 Å². The molecular formula is C17H26N2O. The summed E-state index contributed by atoms with van der Waals surface area (Å²) in [6, 6.07) is 9.04. The standard InChI is InChI=1S/C17H26N2O/c1-12(2)18-17(20)19-11-5-6-14(4)16(19)15-9-7-13(3)8-10-15/h7-10,12,14,16H,5-6,11H2,1-4H3,(H,18,20)/t14-,16-/m1/s1. The van der Waals surface area contributed by atoms with Crippen LogP contribution in [0.1, 0.15) is 50.8 Å². The van der Waals surface area contributed by atoms with E-state index >= 15 is 0 Å². The molecule has 1 aliphatic heterocycles. The average Bonchev–Trinajstić information content (AvgIpc) is 2.39. The van der Waals surface area contributed by atoms with Crippen LogP contribution >= 0.6 is 0 Å². The summed E-state index contributed by atoms with van der Waals surface area (Å²) in [6.07, 6.45) is 2.28. The SMILES string of the molecule is Cc1ccc([C@H]2[C@H](C)CCCN2C(=O)NC(C)C)cc1. The number of aryl methyl sites for hydroxylation is 1. The normalized spacial score (nSPS) is 22.9. The van der Waals surface area contributed by atoms with Crippen LogP contribution in [0.15, 0.2) is 24.3 Å². The van der Waals surface area contributed by atoms with Crippen molar-refractivity contribution in [1.82, 2.24) is 10.2 Å². The zero-order chi connectivity index (χ0) is 14.7. The summed E-state index contributed by atoms with van der Waals surface area (Å²) in [5.41, 5.74) is 2.51. The summed E-state index contributed by atoms with van der Waals surface area (Å²) in [5, 5.41) is 3.03. The molecule has 0 bridgehead atoms. The molecule has 110 valence electrons. The number of carbonyl (C=O) groups excluding carboxylic acids is 1. The third kappa shape index (κ3) is 3.33. The van der Waals surface area contributed by atoms with E-state index in [1.165, 1.54) is 17.5 Å². The topological polar surface area (TPSA) is 32.3 Å². The molecule has 0 saturated carbocycles. The molecule has 2 atom stereocenters. The first-order valence-corrected chi connectivity index (χ1v) is 7.62. The van der Waals surface area contributed by atoms with Crippen LogP contribution in [-0.4, -0.2) is 23.5 Å². The number of nitrogens with zero attached hydrogens (tertiary/aromatic N) is 1. The first kappa shape index (κ1) is 14.9. The van der Waals surface area contributed by atoms with E-state index in [9.17, 15) is 4.79 Å². The molecule has 1 fully saturated rings. The van der Waals surface area contributed by atoms with Crippen LogP contribution in [0.25, 0.3) is 0 Å². The number of piperidine rings is 1. The van der Waals surface area contributed by atoms with Crippen molar-refractivity contribution in [2.75, 3.05) is 6.54 Å². The van der Waals surface area contributed by atoms with Gasteiger partial charge in [-0.2, -0.15) is 0 Å². The predicted octanol–water partition coefficient (Wildman–Crippen LogP) is 3.89. The molecule has 3 nitrogen and oxygen atoms in total. The number of amides is 2. The molecule has 1 heterocycles. The number of hydrogen-bond donors (Lipinski definition) is 1. The van der Waals surface area contributed by atoms with Gasteiger partial charge in [-0.3, -0.25) is 0 Å². The Hall–Kier alpha value is -1.51. The Kier molecular flexibility index (Phi) is 4.69. The smallest absolute Gasteiger partial charge is 0.318 e. The highest BCUT2D eigenvalue weighted by atomic mass is 16.2. The summed E-state index contributed by atoms with van der Waals surface area (Å²) < 4.78 is 0. The number of carbonyl (C=O) groups is 1. The van der Waals surface area contributed by atoms with Gasteiger partial charge in [0.25, 0.3) is 0 Å². The molecule has 1 aliphatic rings. The third-order valence-electron chi connectivity index (χ3n) is 4.03. The Morgan fingerprint density at radius 2 is 1.95 bits per heavy atom. The van der Waals surface area contributed by atoms with Gasteiger partial charge in [-0.05, 0) is 45.1 Å². The second-order valence-corrected chi connectivity index (χ2v) is 6.27. The molecular weight excluding hydrogens is 248 g/mol. The van der Waals surface area contributed by atoms with Gasteiger partial charge in [0.05, 0.1) is 6.04 Å². The van der Waals surface area contributed by atoms with Crippen molar-refractivity contribution in [3.8, 4) is 0 Å². The minimum Gasteiger partial charge on any atom is -0.336 e. The van der Waals surface area contributed by atoms with E-state index in [4.69, 9.17) is 0 Å². The first-order valence-electron chi connectivity index (χ1n) is 7.62. The Balaban J connectivity index is 2.24. The van der Waals surface area contributed by atoms with Crippen molar-refractivity contribution >= 4 is 6.03 Å². The molecule has 2 amide bonds. The van der Waals surface area contributed by atoms with Gasteiger partial charge in [0, 0.05) is 12.6 Å². The van der Waals surface area contributed by atoms with Crippen LogP contribution < -0.4 is 5.32 Å². The van der Waals surface area contributed by atoms with Crippen LogP contribution in [0.3, 0.4) is 0 Å². The van der Waals surface area contributed by atoms with E-state index < -0.39 is 0 Å². The lowest BCUT2D eigenvalue weighted by molar-refractivity contribution is 0.118. The fraction of sp³-hybridized carbons (Fsp3) is 0.588. The molecule has 1 aromatic rings. The van der Waals surface area contributed by atoms with Crippen LogP contribution in [0, 0.1) is 12.8 Å². The van der Waals surface area contributed by atoms with E-state index in [-0.39, 0.29) is 18.1 Å². The third-order valence-corrected chi connectivity index (χ3v) is 4.03. The van der Waals surface area contributed by atoms with E-state index in [2.05, 4.69) is 43.4 Å². The van der Waals surface area contributed by atoms with Gasteiger partial charge in [-0.1, -0.05) is 36.8 Å². The molecule has 0 aromatic heterocycles. The quantitative estimate of drug-likeness (QED) is 0.872. The zero-order valence-corrected chi connectivity index (χ0v) is 13.0. The van der Waals surface area contributed by atoms with Crippen molar-refractivity contribution in [2.24, 2.45) is 5.92 Å². The van der Waals surface area contributed by atoms with Crippen molar-refractivity contribution < 1.29 is 4.79 Å². The maximum Gasteiger partial charge on any atom is 0.318 e. The van der Waals surface area contributed by atoms with Crippen molar-refractivity contribution in [1.29, 1.82) is 0 Å². The minimum absolute atomic E-state index is 0.0668. The predicted molar refractivity (Wildman–Crippen MR) is 82.7 cm³/mol. The van der Waals surface area contributed by atoms with E-state index in [1.807, 2.05) is 18.7 Å². The largest absolute Gasteiger partial charge is 0.336 e. The molecule has 0 unspecified atom stereocenters. The Bertz CT molecular complexity index is 453. The fourth-order valence-electron chi connectivity index (χ4n) is 3.02. The average molecular weight is 274 g/mol. The number of rotatable bonds is 2. The summed E-state index contributed by atoms with van der Waals surface area (Å²) in [6.45, 7) is 9.20. The number of urea groups is 1. The van der Waals surface area contributed by atoms with Gasteiger partial charge in [0.1, 0.15) is 0 Å². The van der Waals surface area contributed by atoms with Crippen molar-refractivity contribution in [2.45, 2.75) is 52.6 Å². The monoisotopic (exact) mass is 274 g/mol. The minimum atomic E-state index is 0.0668. The highest BCUT2D eigenvalue weighted by Gasteiger charge is 2.33. The molecule has 3 heteroatoms. The molecule has 0 aliphatic carbocycles. The van der Waals surface area contributed by atoms with E-state index in [1.54, 1.807) is 0 Å². The van der Waals surface area contributed by atoms with Crippen LogP contribution in [0.5, 0.6) is 0 Å². The van der Waals surface area contributed by atoms with Gasteiger partial charge in [0.2, 0.25) is 0 Å². The first-order chi connectivity index (χ1) is 9.49. The van der Waals surface area contributed by atoms with Gasteiger partial charge in [-0.25, -0.2) is 4.79 Å². The van der Waals surface area contributed by atoms with E-state index in [0.717, 1.165) is 13.0 Å². The lowest BCUT2D eigenvalue weighted by Gasteiger charge is -2.40. The van der Waals surface area contributed by atoms with E-state index in [0.29, 0.717) is 5.92 Å². The second kappa shape index (κ2) is 6.29. The summed E-state index contributed by atoms with van der Waals surface area (Å²) in [4.78, 5) is 14.4. The van der Waals surface area contributed by atoms with Crippen molar-refractivity contribution in [3.63, 3.8) is 0 Å². The molecule has 1 N–H and O–H groups in total. The van der Waals surface area contributed by atoms with Crippen LogP contribution in [-0.2, 0) is 0 Å². The Labute approximate surface area is 122 Å². The molecule has 2 rings (SSSR count). The number of likely N-dealkylation sites (tertiary alicyclic amines) is 1. The highest BCUT2D eigenvalue weighted by Crippen LogP contribution is 2.35. The fourth-order valence-corrected chi connectivity index (χ4v) is 3.02. The highest BCUT2D eigenvalue weighted by molar-refractivity contribution is 5.75. The number of benzene rings is 1. The molecule has 1 aromatic carbocycles. The Morgan fingerprint density at radius 3 is 2.55 bits per heavy atom. The van der Waals surface area contributed by atoms with Gasteiger partial charge < -0.3 is 10.2 Å². The molecule has 0 radical (unpaired) electrons. The summed E-state index contributed by atoms with van der Waals surface area (Å²) in [7, 11) is 0. The summed E-state index contributed by atoms with van der Waals surface area (Å²) in [5.74, 6) is 0.504. The zero-order valence-electron chi connectivity index (χ0n) is 13.0. The lowest BCUT2D eigenvalue weighted by atomic mass is 9.86. The van der Waals surface area contributed by atoms with Gasteiger partial charge in [-0.15, -0.1) is 0 Å². The lowest BCUT2D eigenvalue weighted by Crippen LogP contribution is -2.48.